The zero-order chi connectivity index (χ0) is 20.9. The molecule has 0 spiro atoms. The number of hydrogen-bond donors (Lipinski definition) is 2. The molecule has 2 fully saturated rings. The molecule has 8 nitrogen and oxygen atoms in total. The van der Waals surface area contributed by atoms with E-state index in [1.807, 2.05) is 18.2 Å². The first-order valence-electron chi connectivity index (χ1n) is 9.88. The molecule has 1 atom stereocenters. The van der Waals surface area contributed by atoms with Gasteiger partial charge in [0.2, 0.25) is 0 Å². The number of anilines is 1. The molecule has 1 unspecified atom stereocenters. The fourth-order valence-corrected chi connectivity index (χ4v) is 5.14. The maximum atomic E-state index is 11.5. The summed E-state index contributed by atoms with van der Waals surface area (Å²) in [6, 6.07) is 5.93. The van der Waals surface area contributed by atoms with Gasteiger partial charge in [0.15, 0.2) is 15.8 Å². The van der Waals surface area contributed by atoms with E-state index in [0.29, 0.717) is 18.1 Å². The molecule has 0 bridgehead atoms. The van der Waals surface area contributed by atoms with Crippen LogP contribution >= 0.6 is 11.6 Å². The second kappa shape index (κ2) is 9.86. The van der Waals surface area contributed by atoms with Gasteiger partial charge in [-0.15, -0.1) is 0 Å². The van der Waals surface area contributed by atoms with Gasteiger partial charge in [-0.3, -0.25) is 9.89 Å². The second-order valence-corrected chi connectivity index (χ2v) is 10.1. The van der Waals surface area contributed by atoms with Crippen molar-refractivity contribution >= 4 is 33.1 Å². The Morgan fingerprint density at radius 3 is 2.76 bits per heavy atom. The smallest absolute Gasteiger partial charge is 0.191 e. The molecule has 0 amide bonds. The number of nitrogens with one attached hydrogen (secondary N) is 2. The van der Waals surface area contributed by atoms with Crippen molar-refractivity contribution < 1.29 is 13.2 Å². The number of aliphatic imine (C=N–C) groups is 1. The van der Waals surface area contributed by atoms with Crippen molar-refractivity contribution in [2.24, 2.45) is 4.99 Å². The topological polar surface area (TPSA) is 86.3 Å². The van der Waals surface area contributed by atoms with E-state index in [9.17, 15) is 8.42 Å². The van der Waals surface area contributed by atoms with Gasteiger partial charge in [-0.25, -0.2) is 8.42 Å². The lowest BCUT2D eigenvalue weighted by molar-refractivity contribution is 0.299. The maximum absolute atomic E-state index is 11.5. The summed E-state index contributed by atoms with van der Waals surface area (Å²) in [6.07, 6.45) is 0.986. The van der Waals surface area contributed by atoms with Crippen LogP contribution in [0.2, 0.25) is 5.02 Å². The lowest BCUT2D eigenvalue weighted by Gasteiger charge is -2.27. The van der Waals surface area contributed by atoms with Gasteiger partial charge in [-0.1, -0.05) is 11.6 Å². The molecule has 2 saturated heterocycles. The van der Waals surface area contributed by atoms with E-state index in [1.165, 1.54) is 0 Å². The van der Waals surface area contributed by atoms with Crippen molar-refractivity contribution in [3.8, 4) is 5.75 Å². The molecule has 162 valence electrons. The highest BCUT2D eigenvalue weighted by Gasteiger charge is 2.26. The van der Waals surface area contributed by atoms with Crippen LogP contribution in [0.3, 0.4) is 0 Å². The number of guanidine groups is 1. The minimum atomic E-state index is -2.83. The summed E-state index contributed by atoms with van der Waals surface area (Å²) < 4.78 is 28.5. The molecule has 10 heteroatoms. The van der Waals surface area contributed by atoms with Crippen LogP contribution < -0.4 is 20.3 Å². The Labute approximate surface area is 178 Å². The van der Waals surface area contributed by atoms with Gasteiger partial charge >= 0.3 is 0 Å². The molecule has 1 aromatic rings. The standard InChI is InChI=1S/C19H30ClN5O3S/c1-21-19(22-6-8-24-9-11-29(26,27)12-10-24)23-16-5-7-25(14-16)17-13-15(20)3-4-18(17)28-2/h3-4,13,16H,5-12,14H2,1-2H3,(H2,21,22,23). The predicted octanol–water partition coefficient (Wildman–Crippen LogP) is 0.823. The van der Waals surface area contributed by atoms with Gasteiger partial charge in [0.1, 0.15) is 5.75 Å². The van der Waals surface area contributed by atoms with Crippen molar-refractivity contribution in [3.05, 3.63) is 23.2 Å². The minimum absolute atomic E-state index is 0.255. The summed E-state index contributed by atoms with van der Waals surface area (Å²) in [5.41, 5.74) is 1.01. The average Bonchev–Trinajstić information content (AvgIpc) is 3.16. The van der Waals surface area contributed by atoms with Gasteiger partial charge in [0.25, 0.3) is 0 Å². The van der Waals surface area contributed by atoms with Crippen molar-refractivity contribution in [2.45, 2.75) is 12.5 Å². The molecule has 2 N–H and O–H groups in total. The molecule has 2 aliphatic rings. The number of sulfone groups is 1. The molecule has 2 aliphatic heterocycles. The third-order valence-corrected chi connectivity index (χ3v) is 7.24. The zero-order valence-electron chi connectivity index (χ0n) is 17.0. The van der Waals surface area contributed by atoms with Crippen LogP contribution in [-0.4, -0.2) is 90.3 Å². The van der Waals surface area contributed by atoms with Crippen LogP contribution in [0.25, 0.3) is 0 Å². The predicted molar refractivity (Wildman–Crippen MR) is 118 cm³/mol. The Hall–Kier alpha value is -1.71. The highest BCUT2D eigenvalue weighted by Crippen LogP contribution is 2.33. The summed E-state index contributed by atoms with van der Waals surface area (Å²) in [5.74, 6) is 2.09. The van der Waals surface area contributed by atoms with E-state index in [2.05, 4.69) is 25.4 Å². The van der Waals surface area contributed by atoms with Crippen molar-refractivity contribution in [2.75, 3.05) is 69.8 Å². The van der Waals surface area contributed by atoms with Crippen LogP contribution in [0.1, 0.15) is 6.42 Å². The minimum Gasteiger partial charge on any atom is -0.495 e. The first-order valence-corrected chi connectivity index (χ1v) is 12.1. The lowest BCUT2D eigenvalue weighted by atomic mass is 10.2. The second-order valence-electron chi connectivity index (χ2n) is 7.38. The molecule has 0 aromatic heterocycles. The fourth-order valence-electron chi connectivity index (χ4n) is 3.70. The average molecular weight is 444 g/mol. The molecule has 0 saturated carbocycles. The van der Waals surface area contributed by atoms with Gasteiger partial charge in [0, 0.05) is 57.4 Å². The Morgan fingerprint density at radius 1 is 1.31 bits per heavy atom. The molecule has 2 heterocycles. The third kappa shape index (κ3) is 6.13. The Morgan fingerprint density at radius 2 is 2.07 bits per heavy atom. The van der Waals surface area contributed by atoms with E-state index in [4.69, 9.17) is 16.3 Å². The summed E-state index contributed by atoms with van der Waals surface area (Å²) in [6.45, 7) is 4.48. The summed E-state index contributed by atoms with van der Waals surface area (Å²) in [5, 5.41) is 7.51. The molecule has 29 heavy (non-hydrogen) atoms. The highest BCUT2D eigenvalue weighted by atomic mass is 35.5. The van der Waals surface area contributed by atoms with Gasteiger partial charge in [-0.05, 0) is 24.6 Å². The van der Waals surface area contributed by atoms with Gasteiger partial charge < -0.3 is 20.3 Å². The summed E-state index contributed by atoms with van der Waals surface area (Å²) in [4.78, 5) is 8.76. The third-order valence-electron chi connectivity index (χ3n) is 5.39. The van der Waals surface area contributed by atoms with Crippen LogP contribution in [0.4, 0.5) is 5.69 Å². The molecule has 3 rings (SSSR count). The van der Waals surface area contributed by atoms with Crippen molar-refractivity contribution in [3.63, 3.8) is 0 Å². The quantitative estimate of drug-likeness (QED) is 0.497. The SMILES string of the molecule is CN=C(NCCN1CCS(=O)(=O)CC1)NC1CCN(c2cc(Cl)ccc2OC)C1. The van der Waals surface area contributed by atoms with Crippen LogP contribution in [-0.2, 0) is 9.84 Å². The van der Waals surface area contributed by atoms with Crippen LogP contribution in [0.5, 0.6) is 5.75 Å². The molecule has 0 aliphatic carbocycles. The van der Waals surface area contributed by atoms with E-state index in [1.54, 1.807) is 14.2 Å². The van der Waals surface area contributed by atoms with Gasteiger partial charge in [0.05, 0.1) is 24.3 Å². The Balaban J connectivity index is 1.45. The number of rotatable bonds is 6. The number of benzene rings is 1. The normalized spacial score (nSPS) is 22.5. The van der Waals surface area contributed by atoms with Crippen molar-refractivity contribution in [1.29, 1.82) is 0 Å². The Bertz CT molecular complexity index is 819. The van der Waals surface area contributed by atoms with Gasteiger partial charge in [-0.2, -0.15) is 0 Å². The van der Waals surface area contributed by atoms with Crippen molar-refractivity contribution in [1.82, 2.24) is 15.5 Å². The van der Waals surface area contributed by atoms with Crippen LogP contribution in [0.15, 0.2) is 23.2 Å². The summed E-state index contributed by atoms with van der Waals surface area (Å²) >= 11 is 6.17. The number of ether oxygens (including phenoxy) is 1. The zero-order valence-corrected chi connectivity index (χ0v) is 18.6. The molecule has 0 radical (unpaired) electrons. The Kier molecular flexibility index (Phi) is 7.48. The van der Waals surface area contributed by atoms with E-state index in [0.717, 1.165) is 50.0 Å². The largest absolute Gasteiger partial charge is 0.495 e. The number of hydrogen-bond acceptors (Lipinski definition) is 6. The van der Waals surface area contributed by atoms with E-state index in [-0.39, 0.29) is 17.5 Å². The molecule has 1 aromatic carbocycles. The first-order chi connectivity index (χ1) is 13.9. The number of methoxy groups -OCH3 is 1. The monoisotopic (exact) mass is 443 g/mol. The number of halogens is 1. The van der Waals surface area contributed by atoms with E-state index < -0.39 is 9.84 Å². The highest BCUT2D eigenvalue weighted by molar-refractivity contribution is 7.91. The van der Waals surface area contributed by atoms with E-state index >= 15 is 0 Å². The number of nitrogens with zero attached hydrogens (tertiary/aromatic N) is 3. The molecular weight excluding hydrogens is 414 g/mol. The van der Waals surface area contributed by atoms with Crippen LogP contribution in [0, 0.1) is 0 Å². The first kappa shape index (κ1) is 22.0. The lowest BCUT2D eigenvalue weighted by Crippen LogP contribution is -2.48. The molecular formula is C19H30ClN5O3S. The summed E-state index contributed by atoms with van der Waals surface area (Å²) in [7, 11) is 0.595. The maximum Gasteiger partial charge on any atom is 0.191 e. The fraction of sp³-hybridized carbons (Fsp3) is 0.632.